The number of carbonyl (C=O) groups excluding carboxylic acids is 1. The number of hydrogen-bond donors (Lipinski definition) is 1. The molecule has 1 unspecified atom stereocenters. The van der Waals surface area contributed by atoms with Crippen LogP contribution in [0.3, 0.4) is 0 Å². The second-order valence-corrected chi connectivity index (χ2v) is 8.07. The van der Waals surface area contributed by atoms with E-state index in [1.54, 1.807) is 25.4 Å². The molecule has 0 bridgehead atoms. The van der Waals surface area contributed by atoms with E-state index in [1.165, 1.54) is 11.3 Å². The number of nitrogens with one attached hydrogen (secondary N) is 1. The first-order chi connectivity index (χ1) is 14.0. The average Bonchev–Trinajstić information content (AvgIpc) is 3.15. The Hall–Kier alpha value is -2.57. The lowest BCUT2D eigenvalue weighted by Crippen LogP contribution is -2.32. The summed E-state index contributed by atoms with van der Waals surface area (Å²) in [5, 5.41) is 4.15. The highest BCUT2D eigenvalue weighted by Crippen LogP contribution is 2.28. The highest BCUT2D eigenvalue weighted by molar-refractivity contribution is 7.15. The molecule has 0 aliphatic heterocycles. The van der Waals surface area contributed by atoms with Crippen molar-refractivity contribution in [2.24, 2.45) is 0 Å². The summed E-state index contributed by atoms with van der Waals surface area (Å²) < 4.78 is 11.2. The molecule has 1 heterocycles. The first-order valence-corrected chi connectivity index (χ1v) is 10.5. The number of aromatic nitrogens is 1. The number of halogens is 1. The Kier molecular flexibility index (Phi) is 7.12. The molecule has 3 rings (SSSR count). The average molecular weight is 431 g/mol. The second kappa shape index (κ2) is 9.76. The predicted molar refractivity (Wildman–Crippen MR) is 117 cm³/mol. The van der Waals surface area contributed by atoms with Crippen LogP contribution in [0.4, 0.5) is 5.13 Å². The number of methoxy groups -OCH3 is 1. The normalized spacial score (nSPS) is 11.7. The summed E-state index contributed by atoms with van der Waals surface area (Å²) in [5.41, 5.74) is 2.15. The minimum atomic E-state index is -0.644. The zero-order valence-electron chi connectivity index (χ0n) is 16.6. The fourth-order valence-corrected chi connectivity index (χ4v) is 3.82. The number of carbonyl (C=O) groups is 1. The fraction of sp³-hybridized carbons (Fsp3) is 0.273. The molecule has 0 radical (unpaired) electrons. The van der Waals surface area contributed by atoms with Gasteiger partial charge in [-0.2, -0.15) is 0 Å². The van der Waals surface area contributed by atoms with Gasteiger partial charge in [0.15, 0.2) is 22.7 Å². The van der Waals surface area contributed by atoms with Gasteiger partial charge < -0.3 is 9.47 Å². The van der Waals surface area contributed by atoms with Gasteiger partial charge in [0.05, 0.1) is 7.11 Å². The SMILES string of the molecule is CCC(Oc1ccccc1OC)C(=O)Nc1ncc(Cc2ccc(C)c(Cl)c2)s1. The largest absolute Gasteiger partial charge is 0.493 e. The highest BCUT2D eigenvalue weighted by Gasteiger charge is 2.21. The Bertz CT molecular complexity index is 990. The van der Waals surface area contributed by atoms with Crippen molar-refractivity contribution in [3.05, 3.63) is 69.7 Å². The zero-order chi connectivity index (χ0) is 20.8. The summed E-state index contributed by atoms with van der Waals surface area (Å²) in [4.78, 5) is 18.0. The lowest BCUT2D eigenvalue weighted by Gasteiger charge is -2.18. The maximum atomic E-state index is 12.7. The van der Waals surface area contributed by atoms with Crippen molar-refractivity contribution >= 4 is 34.0 Å². The molecule has 0 saturated carbocycles. The van der Waals surface area contributed by atoms with E-state index in [9.17, 15) is 4.79 Å². The molecule has 0 saturated heterocycles. The van der Waals surface area contributed by atoms with Gasteiger partial charge in [0.1, 0.15) is 0 Å². The standard InChI is InChI=1S/C22H23ClN2O3S/c1-4-18(28-20-8-6-5-7-19(20)27-3)21(26)25-22-24-13-16(29-22)11-15-10-9-14(2)17(23)12-15/h5-10,12-13,18H,4,11H2,1-3H3,(H,24,25,26). The highest BCUT2D eigenvalue weighted by atomic mass is 35.5. The van der Waals surface area contributed by atoms with Gasteiger partial charge in [-0.05, 0) is 42.7 Å². The molecule has 29 heavy (non-hydrogen) atoms. The third kappa shape index (κ3) is 5.49. The van der Waals surface area contributed by atoms with Crippen LogP contribution in [0.1, 0.15) is 29.3 Å². The van der Waals surface area contributed by atoms with Crippen molar-refractivity contribution < 1.29 is 14.3 Å². The fourth-order valence-electron chi connectivity index (χ4n) is 2.77. The maximum absolute atomic E-state index is 12.7. The van der Waals surface area contributed by atoms with Crippen molar-refractivity contribution in [2.45, 2.75) is 32.8 Å². The van der Waals surface area contributed by atoms with Gasteiger partial charge in [0.2, 0.25) is 0 Å². The molecule has 0 aliphatic rings. The third-order valence-corrected chi connectivity index (χ3v) is 5.72. The van der Waals surface area contributed by atoms with E-state index in [2.05, 4.69) is 10.3 Å². The maximum Gasteiger partial charge on any atom is 0.267 e. The van der Waals surface area contributed by atoms with Crippen LogP contribution >= 0.6 is 22.9 Å². The molecule has 5 nitrogen and oxygen atoms in total. The van der Waals surface area contributed by atoms with Crippen LogP contribution in [0.2, 0.25) is 5.02 Å². The van der Waals surface area contributed by atoms with Gasteiger partial charge in [-0.1, -0.05) is 42.8 Å². The molecule has 3 aromatic rings. The lowest BCUT2D eigenvalue weighted by molar-refractivity contribution is -0.122. The number of para-hydroxylation sites is 2. The molecule has 0 fully saturated rings. The van der Waals surface area contributed by atoms with Gasteiger partial charge in [-0.25, -0.2) is 4.98 Å². The first kappa shape index (κ1) is 21.1. The molecular weight excluding hydrogens is 408 g/mol. The zero-order valence-corrected chi connectivity index (χ0v) is 18.1. The second-order valence-electron chi connectivity index (χ2n) is 6.55. The number of anilines is 1. The number of thiazole rings is 1. The number of ether oxygens (including phenoxy) is 2. The number of rotatable bonds is 8. The molecule has 2 aromatic carbocycles. The summed E-state index contributed by atoms with van der Waals surface area (Å²) in [5.74, 6) is 0.887. The Balaban J connectivity index is 1.64. The summed E-state index contributed by atoms with van der Waals surface area (Å²) in [6.45, 7) is 3.87. The Labute approximate surface area is 179 Å². The molecule has 7 heteroatoms. The van der Waals surface area contributed by atoms with E-state index < -0.39 is 6.10 Å². The summed E-state index contributed by atoms with van der Waals surface area (Å²) in [6.07, 6.45) is 2.36. The van der Waals surface area contributed by atoms with Crippen LogP contribution in [0.15, 0.2) is 48.7 Å². The van der Waals surface area contributed by atoms with Crippen LogP contribution in [0.5, 0.6) is 11.5 Å². The molecule has 152 valence electrons. The number of aryl methyl sites for hydroxylation is 1. The molecule has 1 amide bonds. The van der Waals surface area contributed by atoms with Crippen LogP contribution in [-0.2, 0) is 11.2 Å². The number of nitrogens with zero attached hydrogens (tertiary/aromatic N) is 1. The molecule has 1 atom stereocenters. The van der Waals surface area contributed by atoms with Crippen molar-refractivity contribution in [1.82, 2.24) is 4.98 Å². The number of benzene rings is 2. The third-order valence-electron chi connectivity index (χ3n) is 4.40. The van der Waals surface area contributed by atoms with E-state index in [-0.39, 0.29) is 5.91 Å². The van der Waals surface area contributed by atoms with Gasteiger partial charge in [0, 0.05) is 22.5 Å². The van der Waals surface area contributed by atoms with Gasteiger partial charge >= 0.3 is 0 Å². The van der Waals surface area contributed by atoms with Crippen molar-refractivity contribution in [3.8, 4) is 11.5 Å². The smallest absolute Gasteiger partial charge is 0.267 e. The summed E-state index contributed by atoms with van der Waals surface area (Å²) >= 11 is 7.64. The lowest BCUT2D eigenvalue weighted by atomic mass is 10.1. The molecule has 1 aromatic heterocycles. The number of amides is 1. The van der Waals surface area contributed by atoms with Crippen LogP contribution < -0.4 is 14.8 Å². The van der Waals surface area contributed by atoms with Crippen molar-refractivity contribution in [2.75, 3.05) is 12.4 Å². The topological polar surface area (TPSA) is 60.5 Å². The van der Waals surface area contributed by atoms with Crippen molar-refractivity contribution in [3.63, 3.8) is 0 Å². The monoisotopic (exact) mass is 430 g/mol. The molecule has 1 N–H and O–H groups in total. The molecule has 0 aliphatic carbocycles. The predicted octanol–water partition coefficient (Wildman–Crippen LogP) is 5.50. The quantitative estimate of drug-likeness (QED) is 0.512. The summed E-state index contributed by atoms with van der Waals surface area (Å²) in [6, 6.07) is 13.3. The Morgan fingerprint density at radius 1 is 1.24 bits per heavy atom. The molecular formula is C22H23ClN2O3S. The Morgan fingerprint density at radius 3 is 2.69 bits per heavy atom. The van der Waals surface area contributed by atoms with Crippen LogP contribution in [-0.4, -0.2) is 24.1 Å². The first-order valence-electron chi connectivity index (χ1n) is 9.30. The van der Waals surface area contributed by atoms with E-state index in [0.717, 1.165) is 21.0 Å². The van der Waals surface area contributed by atoms with Crippen LogP contribution in [0, 0.1) is 6.92 Å². The Morgan fingerprint density at radius 2 is 2.00 bits per heavy atom. The number of hydrogen-bond acceptors (Lipinski definition) is 5. The van der Waals surface area contributed by atoms with Gasteiger partial charge in [0.25, 0.3) is 5.91 Å². The van der Waals surface area contributed by atoms with Crippen LogP contribution in [0.25, 0.3) is 0 Å². The van der Waals surface area contributed by atoms with Crippen molar-refractivity contribution in [1.29, 1.82) is 0 Å². The minimum Gasteiger partial charge on any atom is -0.493 e. The van der Waals surface area contributed by atoms with Gasteiger partial charge in [-0.15, -0.1) is 11.3 Å². The van der Waals surface area contributed by atoms with Gasteiger partial charge in [-0.3, -0.25) is 10.1 Å². The van der Waals surface area contributed by atoms with E-state index in [0.29, 0.717) is 29.5 Å². The minimum absolute atomic E-state index is 0.238. The molecule has 0 spiro atoms. The van der Waals surface area contributed by atoms with E-state index in [4.69, 9.17) is 21.1 Å². The van der Waals surface area contributed by atoms with E-state index >= 15 is 0 Å². The van der Waals surface area contributed by atoms with E-state index in [1.807, 2.05) is 44.2 Å². The summed E-state index contributed by atoms with van der Waals surface area (Å²) in [7, 11) is 1.57.